The number of rotatable bonds is 4. The van der Waals surface area contributed by atoms with E-state index >= 15 is 0 Å². The van der Waals surface area contributed by atoms with Crippen molar-refractivity contribution < 1.29 is 55.7 Å². The fourth-order valence-electron chi connectivity index (χ4n) is 4.94. The number of benzene rings is 1. The molecular formula is C31H28ClF6N9O6. The van der Waals surface area contributed by atoms with Crippen molar-refractivity contribution in [1.29, 1.82) is 0 Å². The minimum Gasteiger partial charge on any atom is -0.475 e. The van der Waals surface area contributed by atoms with Crippen LogP contribution in [0.3, 0.4) is 0 Å². The Kier molecular flexibility index (Phi) is 12.8. The predicted molar refractivity (Wildman–Crippen MR) is 175 cm³/mol. The van der Waals surface area contributed by atoms with Gasteiger partial charge in [-0.05, 0) is 66.6 Å². The van der Waals surface area contributed by atoms with Crippen molar-refractivity contribution in [1.82, 2.24) is 30.0 Å². The van der Waals surface area contributed by atoms with Crippen molar-refractivity contribution in [3.8, 4) is 0 Å². The van der Waals surface area contributed by atoms with Crippen molar-refractivity contribution in [2.45, 2.75) is 38.0 Å². The van der Waals surface area contributed by atoms with E-state index in [1.54, 1.807) is 23.4 Å². The molecule has 1 fully saturated rings. The number of H-pyrrole nitrogens is 1. The van der Waals surface area contributed by atoms with Gasteiger partial charge in [-0.15, -0.1) is 0 Å². The van der Waals surface area contributed by atoms with E-state index in [1.807, 2.05) is 30.5 Å². The largest absolute Gasteiger partial charge is 0.490 e. The Morgan fingerprint density at radius 2 is 1.62 bits per heavy atom. The third-order valence-corrected chi connectivity index (χ3v) is 7.65. The molecule has 6 N–H and O–H groups in total. The van der Waals surface area contributed by atoms with E-state index in [2.05, 4.69) is 41.1 Å². The molecular weight excluding hydrogens is 744 g/mol. The van der Waals surface area contributed by atoms with Gasteiger partial charge < -0.3 is 31.1 Å². The number of carboxylic acids is 2. The zero-order valence-corrected chi connectivity index (χ0v) is 27.7. The highest BCUT2D eigenvalue weighted by Gasteiger charge is 2.39. The van der Waals surface area contributed by atoms with E-state index in [1.165, 1.54) is 6.20 Å². The maximum atomic E-state index is 13.1. The molecule has 0 radical (unpaired) electrons. The molecule has 6 rings (SSSR count). The maximum absolute atomic E-state index is 13.1. The number of hydrogen-bond acceptors (Lipinski definition) is 10. The molecule has 53 heavy (non-hydrogen) atoms. The van der Waals surface area contributed by atoms with Crippen LogP contribution in [-0.4, -0.2) is 89.5 Å². The number of amides is 2. The van der Waals surface area contributed by atoms with E-state index in [4.69, 9.17) is 31.4 Å². The van der Waals surface area contributed by atoms with Gasteiger partial charge in [-0.1, -0.05) is 11.6 Å². The van der Waals surface area contributed by atoms with Crippen LogP contribution in [0.2, 0.25) is 5.02 Å². The van der Waals surface area contributed by atoms with Crippen LogP contribution in [0.1, 0.15) is 34.5 Å². The zero-order valence-electron chi connectivity index (χ0n) is 26.9. The minimum atomic E-state index is -5.08. The summed E-state index contributed by atoms with van der Waals surface area (Å²) in [6.07, 6.45) is -0.938. The Morgan fingerprint density at radius 1 is 0.925 bits per heavy atom. The topological polar surface area (TPSA) is 215 Å². The fourth-order valence-corrected chi connectivity index (χ4v) is 5.08. The van der Waals surface area contributed by atoms with Crippen LogP contribution >= 0.6 is 11.6 Å². The second-order valence-corrected chi connectivity index (χ2v) is 11.7. The Balaban J connectivity index is 0.000000381. The number of carbonyl (C=O) groups excluding carboxylic acids is 2. The lowest BCUT2D eigenvalue weighted by Gasteiger charge is -2.17. The van der Waals surface area contributed by atoms with Crippen LogP contribution in [0.4, 0.5) is 55.2 Å². The van der Waals surface area contributed by atoms with Gasteiger partial charge in [0.05, 0.1) is 18.1 Å². The molecule has 5 heterocycles. The number of carboxylic acid groups (broad SMARTS) is 2. The fraction of sp³-hybridized carbons (Fsp3) is 0.290. The van der Waals surface area contributed by atoms with Crippen LogP contribution < -0.4 is 16.0 Å². The van der Waals surface area contributed by atoms with Gasteiger partial charge in [0, 0.05) is 43.3 Å². The van der Waals surface area contributed by atoms with Gasteiger partial charge >= 0.3 is 24.3 Å². The molecule has 0 aliphatic carbocycles. The lowest BCUT2D eigenvalue weighted by atomic mass is 10.0. The Hall–Kier alpha value is -5.99. The molecule has 0 unspecified atom stereocenters. The molecule has 0 spiro atoms. The van der Waals surface area contributed by atoms with Crippen molar-refractivity contribution in [2.75, 3.05) is 29.0 Å². The monoisotopic (exact) mass is 771 g/mol. The van der Waals surface area contributed by atoms with E-state index in [-0.39, 0.29) is 17.7 Å². The SMILES string of the molecule is O=C(C[C@H]1CCN(C(=O)c2cc[nH]n2)C1)Nc1ccc2cc1CCc1cncc(c1)Nc1ncc(Cl)c(n1)N2.O=C(O)C(F)(F)F.O=C(O)C(F)(F)F. The van der Waals surface area contributed by atoms with Crippen molar-refractivity contribution >= 4 is 64.2 Å². The molecule has 1 saturated heterocycles. The summed E-state index contributed by atoms with van der Waals surface area (Å²) in [5.41, 5.74) is 4.72. The van der Waals surface area contributed by atoms with Gasteiger partial charge in [0.25, 0.3) is 5.91 Å². The van der Waals surface area contributed by atoms with Crippen molar-refractivity contribution in [2.24, 2.45) is 5.92 Å². The molecule has 4 aromatic rings. The molecule has 3 aromatic heterocycles. The summed E-state index contributed by atoms with van der Waals surface area (Å²) in [7, 11) is 0. The molecule has 6 bridgehead atoms. The summed E-state index contributed by atoms with van der Waals surface area (Å²) in [5, 5.41) is 30.8. The molecule has 22 heteroatoms. The number of halogens is 7. The number of anilines is 5. The van der Waals surface area contributed by atoms with Gasteiger partial charge in [-0.3, -0.25) is 19.7 Å². The Labute approximate surface area is 299 Å². The molecule has 1 aromatic carbocycles. The van der Waals surface area contributed by atoms with Crippen LogP contribution in [0.15, 0.2) is 55.1 Å². The number of nitrogens with zero attached hydrogens (tertiary/aromatic N) is 5. The number of alkyl halides is 6. The number of aromatic amines is 1. The number of carbonyl (C=O) groups is 4. The molecule has 1 atom stereocenters. The number of pyridine rings is 1. The highest BCUT2D eigenvalue weighted by Crippen LogP contribution is 2.30. The zero-order chi connectivity index (χ0) is 38.9. The molecule has 2 aliphatic rings. The average Bonchev–Trinajstić information content (AvgIpc) is 3.79. The van der Waals surface area contributed by atoms with E-state index in [0.717, 1.165) is 41.0 Å². The summed E-state index contributed by atoms with van der Waals surface area (Å²) in [4.78, 5) is 58.3. The third kappa shape index (κ3) is 11.8. The molecule has 282 valence electrons. The molecule has 15 nitrogen and oxygen atoms in total. The summed E-state index contributed by atoms with van der Waals surface area (Å²) in [6, 6.07) is 9.43. The Morgan fingerprint density at radius 3 is 2.26 bits per heavy atom. The van der Waals surface area contributed by atoms with Gasteiger partial charge in [0.2, 0.25) is 11.9 Å². The van der Waals surface area contributed by atoms with Crippen molar-refractivity contribution in [3.05, 3.63) is 77.0 Å². The van der Waals surface area contributed by atoms with Crippen LogP contribution in [0.5, 0.6) is 0 Å². The highest BCUT2D eigenvalue weighted by atomic mass is 35.5. The molecule has 2 amide bonds. The average molecular weight is 772 g/mol. The summed E-state index contributed by atoms with van der Waals surface area (Å²) in [5.74, 6) is -4.74. The first-order valence-electron chi connectivity index (χ1n) is 15.2. The standard InChI is InChI=1S/C27H26ClN9O2.2C2HF3O2/c28-21-14-30-27-33-20-9-16(12-29-13-20)1-2-18-11-19(32-25(21)35-27)3-4-22(18)34-24(38)10-17-6-8-37(15-17)26(39)23-5-7-31-36-23;2*3-2(4,5)1(6)7/h3-5,7,9,11-14,17H,1-2,6,8,10,15H2,(H,31,36)(H,34,38)(H2,30,32,33,35);2*(H,6,7)/t17-;;/m1../s1. The summed E-state index contributed by atoms with van der Waals surface area (Å²) in [6.45, 7) is 1.15. The first-order chi connectivity index (χ1) is 24.9. The highest BCUT2D eigenvalue weighted by molar-refractivity contribution is 6.32. The minimum absolute atomic E-state index is 0.0784. The number of aryl methyl sites for hydroxylation is 2. The molecule has 0 saturated carbocycles. The predicted octanol–water partition coefficient (Wildman–Crippen LogP) is 5.59. The van der Waals surface area contributed by atoms with Gasteiger partial charge in [0.1, 0.15) is 10.7 Å². The normalized spacial score (nSPS) is 14.9. The van der Waals surface area contributed by atoms with Gasteiger partial charge in [-0.2, -0.15) is 36.4 Å². The number of hydrogen-bond donors (Lipinski definition) is 6. The second kappa shape index (κ2) is 17.0. The number of likely N-dealkylation sites (tertiary alicyclic amines) is 1. The number of nitrogens with one attached hydrogen (secondary N) is 4. The maximum Gasteiger partial charge on any atom is 0.490 e. The quantitative estimate of drug-likeness (QED) is 0.140. The lowest BCUT2D eigenvalue weighted by molar-refractivity contribution is -0.193. The molecule has 2 aliphatic heterocycles. The summed E-state index contributed by atoms with van der Waals surface area (Å²) >= 11 is 6.36. The summed E-state index contributed by atoms with van der Waals surface area (Å²) < 4.78 is 63.5. The smallest absolute Gasteiger partial charge is 0.475 e. The Bertz CT molecular complexity index is 1920. The van der Waals surface area contributed by atoms with Gasteiger partial charge in [-0.25, -0.2) is 14.6 Å². The lowest BCUT2D eigenvalue weighted by Crippen LogP contribution is -2.29. The van der Waals surface area contributed by atoms with Crippen LogP contribution in [0, 0.1) is 5.92 Å². The van der Waals surface area contributed by atoms with E-state index < -0.39 is 24.3 Å². The van der Waals surface area contributed by atoms with Gasteiger partial charge in [0.15, 0.2) is 5.82 Å². The van der Waals surface area contributed by atoms with Crippen LogP contribution in [0.25, 0.3) is 0 Å². The number of aliphatic carboxylic acids is 2. The van der Waals surface area contributed by atoms with E-state index in [0.29, 0.717) is 48.4 Å². The van der Waals surface area contributed by atoms with E-state index in [9.17, 15) is 35.9 Å². The number of aromatic nitrogens is 5. The van der Waals surface area contributed by atoms with Crippen LogP contribution in [-0.2, 0) is 27.2 Å². The number of fused-ring (bicyclic) bond motifs is 6. The first-order valence-corrected chi connectivity index (χ1v) is 15.6. The first kappa shape index (κ1) is 39.8. The second-order valence-electron chi connectivity index (χ2n) is 11.3. The van der Waals surface area contributed by atoms with Crippen molar-refractivity contribution in [3.63, 3.8) is 0 Å². The third-order valence-electron chi connectivity index (χ3n) is 7.37.